The van der Waals surface area contributed by atoms with E-state index in [-0.39, 0.29) is 5.82 Å². The Morgan fingerprint density at radius 1 is 1.33 bits per heavy atom. The summed E-state index contributed by atoms with van der Waals surface area (Å²) in [5.41, 5.74) is 0.768. The van der Waals surface area contributed by atoms with Gasteiger partial charge in [-0.1, -0.05) is 31.5 Å². The molecule has 0 aliphatic carbocycles. The van der Waals surface area contributed by atoms with Gasteiger partial charge < -0.3 is 5.32 Å². The molecule has 1 rings (SSSR count). The van der Waals surface area contributed by atoms with Gasteiger partial charge in [-0.2, -0.15) is 0 Å². The Kier molecular flexibility index (Phi) is 7.29. The van der Waals surface area contributed by atoms with Gasteiger partial charge in [-0.25, -0.2) is 4.39 Å². The average Bonchev–Trinajstić information content (AvgIpc) is 2.36. The molecule has 1 atom stereocenters. The summed E-state index contributed by atoms with van der Waals surface area (Å²) >= 11 is 5.73. The van der Waals surface area contributed by atoms with E-state index in [1.54, 1.807) is 12.1 Å². The third-order valence-corrected chi connectivity index (χ3v) is 3.42. The molecule has 0 aliphatic rings. The zero-order valence-corrected chi connectivity index (χ0v) is 12.1. The normalized spacial score (nSPS) is 12.7. The van der Waals surface area contributed by atoms with E-state index >= 15 is 0 Å². The molecule has 1 aromatic rings. The summed E-state index contributed by atoms with van der Waals surface area (Å²) < 4.78 is 13.6. The first-order chi connectivity index (χ1) is 8.67. The molecule has 0 saturated heterocycles. The van der Waals surface area contributed by atoms with Crippen molar-refractivity contribution in [2.75, 3.05) is 6.54 Å². The van der Waals surface area contributed by atoms with Crippen molar-refractivity contribution >= 4 is 11.6 Å². The number of nitrogens with one attached hydrogen (secondary N) is 1. The smallest absolute Gasteiger partial charge is 0.127 e. The molecule has 0 saturated carbocycles. The molecule has 18 heavy (non-hydrogen) atoms. The fraction of sp³-hybridized carbons (Fsp3) is 0.600. The van der Waals surface area contributed by atoms with Crippen LogP contribution in [0.4, 0.5) is 4.39 Å². The molecule has 1 unspecified atom stereocenters. The van der Waals surface area contributed by atoms with Crippen molar-refractivity contribution in [3.05, 3.63) is 34.6 Å². The standard InChI is InChI=1S/C15H23ClFN/c1-3-10-18-14(4-2)7-5-6-12-8-9-13(16)11-15(12)17/h8-9,11,14,18H,3-7,10H2,1-2H3. The van der Waals surface area contributed by atoms with E-state index in [1.807, 2.05) is 0 Å². The first kappa shape index (κ1) is 15.5. The molecule has 0 aromatic heterocycles. The SMILES string of the molecule is CCCNC(CC)CCCc1ccc(Cl)cc1F. The van der Waals surface area contributed by atoms with Gasteiger partial charge in [0, 0.05) is 11.1 Å². The van der Waals surface area contributed by atoms with Crippen molar-refractivity contribution in [2.24, 2.45) is 0 Å². The van der Waals surface area contributed by atoms with E-state index in [0.717, 1.165) is 44.2 Å². The summed E-state index contributed by atoms with van der Waals surface area (Å²) in [5, 5.41) is 3.98. The molecule has 0 fully saturated rings. The maximum Gasteiger partial charge on any atom is 0.127 e. The van der Waals surface area contributed by atoms with E-state index in [9.17, 15) is 4.39 Å². The van der Waals surface area contributed by atoms with Crippen LogP contribution >= 0.6 is 11.6 Å². The van der Waals surface area contributed by atoms with Crippen LogP contribution in [-0.2, 0) is 6.42 Å². The second-order valence-electron chi connectivity index (χ2n) is 4.69. The predicted octanol–water partition coefficient (Wildman–Crippen LogP) is 4.58. The number of hydrogen-bond acceptors (Lipinski definition) is 1. The highest BCUT2D eigenvalue weighted by Crippen LogP contribution is 2.17. The minimum absolute atomic E-state index is 0.183. The lowest BCUT2D eigenvalue weighted by molar-refractivity contribution is 0.454. The van der Waals surface area contributed by atoms with Gasteiger partial charge in [0.05, 0.1) is 0 Å². The van der Waals surface area contributed by atoms with Crippen LogP contribution in [0.15, 0.2) is 18.2 Å². The number of halogens is 2. The topological polar surface area (TPSA) is 12.0 Å². The summed E-state index contributed by atoms with van der Waals surface area (Å²) in [4.78, 5) is 0. The van der Waals surface area contributed by atoms with Crippen LogP contribution in [0.25, 0.3) is 0 Å². The quantitative estimate of drug-likeness (QED) is 0.730. The Balaban J connectivity index is 2.35. The van der Waals surface area contributed by atoms with Crippen molar-refractivity contribution in [2.45, 2.75) is 52.0 Å². The van der Waals surface area contributed by atoms with Gasteiger partial charge >= 0.3 is 0 Å². The summed E-state index contributed by atoms with van der Waals surface area (Å²) in [6.45, 7) is 5.42. The zero-order valence-electron chi connectivity index (χ0n) is 11.3. The van der Waals surface area contributed by atoms with Crippen LogP contribution in [0.1, 0.15) is 45.1 Å². The van der Waals surface area contributed by atoms with Crippen LogP contribution in [0, 0.1) is 5.82 Å². The third-order valence-electron chi connectivity index (χ3n) is 3.19. The lowest BCUT2D eigenvalue weighted by Gasteiger charge is -2.16. The molecule has 0 heterocycles. The maximum atomic E-state index is 13.6. The van der Waals surface area contributed by atoms with E-state index in [0.29, 0.717) is 11.1 Å². The van der Waals surface area contributed by atoms with Crippen molar-refractivity contribution < 1.29 is 4.39 Å². The largest absolute Gasteiger partial charge is 0.314 e. The monoisotopic (exact) mass is 271 g/mol. The molecule has 1 N–H and O–H groups in total. The van der Waals surface area contributed by atoms with Gasteiger partial charge in [0.25, 0.3) is 0 Å². The Bertz CT molecular complexity index is 354. The summed E-state index contributed by atoms with van der Waals surface area (Å²) in [6, 6.07) is 5.49. The molecule has 102 valence electrons. The van der Waals surface area contributed by atoms with E-state index in [4.69, 9.17) is 11.6 Å². The van der Waals surface area contributed by atoms with E-state index < -0.39 is 0 Å². The average molecular weight is 272 g/mol. The molecule has 0 bridgehead atoms. The van der Waals surface area contributed by atoms with E-state index in [2.05, 4.69) is 19.2 Å². The predicted molar refractivity (Wildman–Crippen MR) is 76.7 cm³/mol. The lowest BCUT2D eigenvalue weighted by atomic mass is 10.0. The zero-order chi connectivity index (χ0) is 13.4. The molecular weight excluding hydrogens is 249 g/mol. The highest BCUT2D eigenvalue weighted by Gasteiger charge is 2.07. The van der Waals surface area contributed by atoms with Crippen LogP contribution in [0.5, 0.6) is 0 Å². The van der Waals surface area contributed by atoms with Gasteiger partial charge in [0.15, 0.2) is 0 Å². The van der Waals surface area contributed by atoms with E-state index in [1.165, 1.54) is 6.07 Å². The highest BCUT2D eigenvalue weighted by molar-refractivity contribution is 6.30. The van der Waals surface area contributed by atoms with Crippen molar-refractivity contribution in [3.63, 3.8) is 0 Å². The third kappa shape index (κ3) is 5.36. The first-order valence-corrected chi connectivity index (χ1v) is 7.22. The van der Waals surface area contributed by atoms with Crippen molar-refractivity contribution in [1.29, 1.82) is 0 Å². The summed E-state index contributed by atoms with van der Waals surface area (Å²) in [6.07, 6.45) is 5.17. The van der Waals surface area contributed by atoms with Crippen LogP contribution in [0.3, 0.4) is 0 Å². The molecule has 1 nitrogen and oxygen atoms in total. The van der Waals surface area contributed by atoms with Gasteiger partial charge in [0.2, 0.25) is 0 Å². The minimum Gasteiger partial charge on any atom is -0.314 e. The Hall–Kier alpha value is -0.600. The number of benzene rings is 1. The first-order valence-electron chi connectivity index (χ1n) is 6.84. The fourth-order valence-electron chi connectivity index (χ4n) is 2.06. The second kappa shape index (κ2) is 8.49. The molecule has 0 aliphatic heterocycles. The maximum absolute atomic E-state index is 13.6. The summed E-state index contributed by atoms with van der Waals surface area (Å²) in [7, 11) is 0. The van der Waals surface area contributed by atoms with Gasteiger partial charge in [0.1, 0.15) is 5.82 Å². The molecule has 1 aromatic carbocycles. The number of hydrogen-bond donors (Lipinski definition) is 1. The molecule has 0 spiro atoms. The van der Waals surface area contributed by atoms with Crippen molar-refractivity contribution in [3.8, 4) is 0 Å². The van der Waals surface area contributed by atoms with Gasteiger partial charge in [-0.3, -0.25) is 0 Å². The second-order valence-corrected chi connectivity index (χ2v) is 5.12. The van der Waals surface area contributed by atoms with Gasteiger partial charge in [-0.15, -0.1) is 0 Å². The lowest BCUT2D eigenvalue weighted by Crippen LogP contribution is -2.29. The number of aryl methyl sites for hydroxylation is 1. The van der Waals surface area contributed by atoms with Crippen LogP contribution < -0.4 is 5.32 Å². The van der Waals surface area contributed by atoms with Crippen LogP contribution in [-0.4, -0.2) is 12.6 Å². The number of rotatable bonds is 8. The molecule has 0 radical (unpaired) electrons. The highest BCUT2D eigenvalue weighted by atomic mass is 35.5. The molecule has 0 amide bonds. The fourth-order valence-corrected chi connectivity index (χ4v) is 2.22. The molecule has 3 heteroatoms. The van der Waals surface area contributed by atoms with Crippen LogP contribution in [0.2, 0.25) is 5.02 Å². The Labute approximate surface area is 115 Å². The Morgan fingerprint density at radius 2 is 2.11 bits per heavy atom. The van der Waals surface area contributed by atoms with Crippen molar-refractivity contribution in [1.82, 2.24) is 5.32 Å². The Morgan fingerprint density at radius 3 is 2.72 bits per heavy atom. The minimum atomic E-state index is -0.183. The molecular formula is C15H23ClFN. The summed E-state index contributed by atoms with van der Waals surface area (Å²) in [5.74, 6) is -0.183. The van der Waals surface area contributed by atoms with Gasteiger partial charge in [-0.05, 0) is 56.3 Å².